The third-order valence-corrected chi connectivity index (χ3v) is 3.50. The summed E-state index contributed by atoms with van der Waals surface area (Å²) >= 11 is 0. The van der Waals surface area contributed by atoms with E-state index in [4.69, 9.17) is 15.3 Å². The number of furan rings is 1. The van der Waals surface area contributed by atoms with E-state index < -0.39 is 10.0 Å². The summed E-state index contributed by atoms with van der Waals surface area (Å²) in [6, 6.07) is 7.87. The van der Waals surface area contributed by atoms with Gasteiger partial charge in [-0.15, -0.1) is 0 Å². The lowest BCUT2D eigenvalue weighted by molar-refractivity contribution is 0.490. The minimum absolute atomic E-state index is 0.0263. The molecule has 1 aromatic heterocycles. The molecule has 19 heavy (non-hydrogen) atoms. The highest BCUT2D eigenvalue weighted by atomic mass is 32.2. The van der Waals surface area contributed by atoms with Crippen LogP contribution >= 0.6 is 0 Å². The van der Waals surface area contributed by atoms with Crippen LogP contribution in [0.3, 0.4) is 0 Å². The van der Waals surface area contributed by atoms with Crippen LogP contribution in [-0.2, 0) is 10.0 Å². The number of nitrogens with two attached hydrogens (primary N) is 2. The SMILES string of the molecule is CC(Nc1cc(N)cc(S(N)(=O)=O)c1)c1ccco1. The first-order chi connectivity index (χ1) is 8.86. The maximum atomic E-state index is 11.3. The summed E-state index contributed by atoms with van der Waals surface area (Å²) in [6.45, 7) is 1.89. The van der Waals surface area contributed by atoms with Gasteiger partial charge in [-0.1, -0.05) is 0 Å². The highest BCUT2D eigenvalue weighted by Gasteiger charge is 2.12. The fourth-order valence-electron chi connectivity index (χ4n) is 1.73. The normalized spacial score (nSPS) is 13.2. The molecule has 0 radical (unpaired) electrons. The Morgan fingerprint density at radius 3 is 2.63 bits per heavy atom. The lowest BCUT2D eigenvalue weighted by Gasteiger charge is -2.14. The van der Waals surface area contributed by atoms with Crippen LogP contribution in [0, 0.1) is 0 Å². The number of nitrogen functional groups attached to an aromatic ring is 1. The van der Waals surface area contributed by atoms with Gasteiger partial charge in [-0.25, -0.2) is 13.6 Å². The van der Waals surface area contributed by atoms with E-state index in [1.807, 2.05) is 13.0 Å². The van der Waals surface area contributed by atoms with E-state index in [9.17, 15) is 8.42 Å². The molecule has 0 aliphatic rings. The van der Waals surface area contributed by atoms with Crippen molar-refractivity contribution in [3.63, 3.8) is 0 Å². The third kappa shape index (κ3) is 3.27. The van der Waals surface area contributed by atoms with Crippen LogP contribution < -0.4 is 16.2 Å². The molecule has 0 saturated heterocycles. The first-order valence-electron chi connectivity index (χ1n) is 5.59. The average Bonchev–Trinajstić information content (AvgIpc) is 2.80. The predicted octanol–water partition coefficient (Wildman–Crippen LogP) is 1.68. The summed E-state index contributed by atoms with van der Waals surface area (Å²) in [7, 11) is -3.78. The van der Waals surface area contributed by atoms with Crippen LogP contribution in [0.1, 0.15) is 18.7 Å². The molecule has 2 rings (SSSR count). The Morgan fingerprint density at radius 2 is 2.05 bits per heavy atom. The number of nitrogens with one attached hydrogen (secondary N) is 1. The molecule has 7 heteroatoms. The molecule has 0 spiro atoms. The van der Waals surface area contributed by atoms with E-state index in [2.05, 4.69) is 5.32 Å². The van der Waals surface area contributed by atoms with Crippen molar-refractivity contribution in [3.8, 4) is 0 Å². The maximum absolute atomic E-state index is 11.3. The minimum atomic E-state index is -3.78. The largest absolute Gasteiger partial charge is 0.467 e. The van der Waals surface area contributed by atoms with Crippen molar-refractivity contribution in [2.45, 2.75) is 17.9 Å². The van der Waals surface area contributed by atoms with Gasteiger partial charge in [0.15, 0.2) is 0 Å². The first kappa shape index (κ1) is 13.4. The van der Waals surface area contributed by atoms with Crippen LogP contribution in [0.4, 0.5) is 11.4 Å². The first-order valence-corrected chi connectivity index (χ1v) is 7.14. The van der Waals surface area contributed by atoms with Crippen molar-refractivity contribution in [2.24, 2.45) is 5.14 Å². The van der Waals surface area contributed by atoms with Gasteiger partial charge in [-0.2, -0.15) is 0 Å². The van der Waals surface area contributed by atoms with E-state index in [1.54, 1.807) is 18.4 Å². The number of rotatable bonds is 4. The smallest absolute Gasteiger partial charge is 0.238 e. The number of sulfonamides is 1. The van der Waals surface area contributed by atoms with E-state index in [0.717, 1.165) is 5.76 Å². The van der Waals surface area contributed by atoms with Gasteiger partial charge in [-0.3, -0.25) is 0 Å². The summed E-state index contributed by atoms with van der Waals surface area (Å²) in [4.78, 5) is -0.0263. The number of hydrogen-bond acceptors (Lipinski definition) is 5. The maximum Gasteiger partial charge on any atom is 0.238 e. The number of hydrogen-bond donors (Lipinski definition) is 3. The molecule has 0 aliphatic carbocycles. The van der Waals surface area contributed by atoms with Crippen molar-refractivity contribution in [1.29, 1.82) is 0 Å². The van der Waals surface area contributed by atoms with E-state index in [-0.39, 0.29) is 10.9 Å². The Kier molecular flexibility index (Phi) is 3.50. The van der Waals surface area contributed by atoms with Crippen molar-refractivity contribution in [1.82, 2.24) is 0 Å². The average molecular weight is 281 g/mol. The number of anilines is 2. The quantitative estimate of drug-likeness (QED) is 0.738. The zero-order valence-corrected chi connectivity index (χ0v) is 11.1. The Labute approximate surface area is 111 Å². The molecule has 2 aromatic rings. The van der Waals surface area contributed by atoms with Gasteiger partial charge >= 0.3 is 0 Å². The molecular weight excluding hydrogens is 266 g/mol. The zero-order valence-electron chi connectivity index (χ0n) is 10.3. The Hall–Kier alpha value is -1.99. The molecule has 0 fully saturated rings. The summed E-state index contributed by atoms with van der Waals surface area (Å²) in [6.07, 6.45) is 1.57. The molecular formula is C12H15N3O3S. The molecule has 5 N–H and O–H groups in total. The molecule has 1 heterocycles. The minimum Gasteiger partial charge on any atom is -0.467 e. The van der Waals surface area contributed by atoms with Crippen LogP contribution in [-0.4, -0.2) is 8.42 Å². The molecule has 1 unspecified atom stereocenters. The van der Waals surface area contributed by atoms with Crippen LogP contribution in [0.25, 0.3) is 0 Å². The third-order valence-electron chi connectivity index (χ3n) is 2.61. The van der Waals surface area contributed by atoms with E-state index in [0.29, 0.717) is 11.4 Å². The topological polar surface area (TPSA) is 111 Å². The molecule has 6 nitrogen and oxygen atoms in total. The summed E-state index contributed by atoms with van der Waals surface area (Å²) in [5.41, 5.74) is 6.55. The number of primary sulfonamides is 1. The van der Waals surface area contributed by atoms with Crippen LogP contribution in [0.5, 0.6) is 0 Å². The van der Waals surface area contributed by atoms with Gasteiger partial charge in [0.2, 0.25) is 10.0 Å². The van der Waals surface area contributed by atoms with Gasteiger partial charge in [0, 0.05) is 11.4 Å². The van der Waals surface area contributed by atoms with E-state index >= 15 is 0 Å². The second kappa shape index (κ2) is 4.94. The number of benzene rings is 1. The fraction of sp³-hybridized carbons (Fsp3) is 0.167. The second-order valence-electron chi connectivity index (χ2n) is 4.22. The molecule has 1 atom stereocenters. The lowest BCUT2D eigenvalue weighted by atomic mass is 10.2. The summed E-state index contributed by atoms with van der Waals surface area (Å²) in [5, 5.41) is 8.19. The van der Waals surface area contributed by atoms with Gasteiger partial charge in [0.05, 0.1) is 17.2 Å². The lowest BCUT2D eigenvalue weighted by Crippen LogP contribution is -2.13. The molecule has 0 saturated carbocycles. The second-order valence-corrected chi connectivity index (χ2v) is 5.78. The monoisotopic (exact) mass is 281 g/mol. The zero-order chi connectivity index (χ0) is 14.0. The van der Waals surface area contributed by atoms with Crippen LogP contribution in [0.2, 0.25) is 0 Å². The Balaban J connectivity index is 2.28. The highest BCUT2D eigenvalue weighted by Crippen LogP contribution is 2.24. The van der Waals surface area contributed by atoms with Gasteiger partial charge in [0.25, 0.3) is 0 Å². The van der Waals surface area contributed by atoms with Crippen molar-refractivity contribution < 1.29 is 12.8 Å². The van der Waals surface area contributed by atoms with Crippen molar-refractivity contribution >= 4 is 21.4 Å². The Bertz CT molecular complexity index is 666. The molecule has 1 aromatic carbocycles. The van der Waals surface area contributed by atoms with Crippen LogP contribution in [0.15, 0.2) is 45.9 Å². The van der Waals surface area contributed by atoms with Gasteiger partial charge in [-0.05, 0) is 37.3 Å². The highest BCUT2D eigenvalue weighted by molar-refractivity contribution is 7.89. The molecule has 0 aliphatic heterocycles. The standard InChI is InChI=1S/C12H15N3O3S/c1-8(12-3-2-4-18-12)15-10-5-9(13)6-11(7-10)19(14,16)17/h2-8,15H,13H2,1H3,(H2,14,16,17). The predicted molar refractivity (Wildman–Crippen MR) is 73.0 cm³/mol. The van der Waals surface area contributed by atoms with Gasteiger partial charge in [0.1, 0.15) is 5.76 Å². The summed E-state index contributed by atoms with van der Waals surface area (Å²) < 4.78 is 27.9. The molecule has 0 bridgehead atoms. The van der Waals surface area contributed by atoms with Gasteiger partial charge < -0.3 is 15.5 Å². The van der Waals surface area contributed by atoms with E-state index in [1.165, 1.54) is 12.1 Å². The summed E-state index contributed by atoms with van der Waals surface area (Å²) in [5.74, 6) is 0.736. The molecule has 0 amide bonds. The Morgan fingerprint density at radius 1 is 1.32 bits per heavy atom. The fourth-order valence-corrected chi connectivity index (χ4v) is 2.32. The molecule has 102 valence electrons. The van der Waals surface area contributed by atoms with Crippen molar-refractivity contribution in [3.05, 3.63) is 42.4 Å². The van der Waals surface area contributed by atoms with Crippen molar-refractivity contribution in [2.75, 3.05) is 11.1 Å².